The fourth-order valence-corrected chi connectivity index (χ4v) is 7.94. The average molecular weight is 950 g/mol. The number of rotatable bonds is 38. The van der Waals surface area contributed by atoms with E-state index in [0.717, 1.165) is 51.4 Å². The molecular weight excluding hydrogens is 859 g/mol. The van der Waals surface area contributed by atoms with Gasteiger partial charge in [-0.25, -0.2) is 0 Å². The molecule has 2 saturated heterocycles. The largest absolute Gasteiger partial charge is 0.394 e. The number of nitrogens with one attached hydrogen (secondary N) is 1. The molecule has 1 amide bonds. The van der Waals surface area contributed by atoms with Crippen molar-refractivity contribution < 1.29 is 64.6 Å². The van der Waals surface area contributed by atoms with Crippen molar-refractivity contribution in [2.24, 2.45) is 0 Å². The van der Waals surface area contributed by atoms with E-state index in [0.29, 0.717) is 12.8 Å². The number of hydrogen-bond acceptors (Lipinski definition) is 13. The van der Waals surface area contributed by atoms with E-state index in [9.17, 15) is 45.6 Å². The Labute approximate surface area is 402 Å². The normalized spacial score (nSPS) is 27.2. The Bertz CT molecular complexity index is 1400. The van der Waals surface area contributed by atoms with Crippen LogP contribution in [-0.4, -0.2) is 140 Å². The predicted octanol–water partition coefficient (Wildman–Crippen LogP) is 6.82. The second-order valence-corrected chi connectivity index (χ2v) is 17.9. The fraction of sp³-hybridized carbons (Fsp3) is 0.755. The van der Waals surface area contributed by atoms with Crippen molar-refractivity contribution >= 4 is 5.91 Å². The number of unbranched alkanes of at least 4 members (excludes halogenated alkanes) is 15. The van der Waals surface area contributed by atoms with Crippen LogP contribution in [-0.2, 0) is 23.7 Å². The van der Waals surface area contributed by atoms with Gasteiger partial charge in [0.25, 0.3) is 0 Å². The van der Waals surface area contributed by atoms with Gasteiger partial charge in [0.15, 0.2) is 12.6 Å². The van der Waals surface area contributed by atoms with E-state index < -0.39 is 86.8 Å². The molecular formula is C53H91NO13. The topological polar surface area (TPSA) is 228 Å². The lowest BCUT2D eigenvalue weighted by Crippen LogP contribution is -2.65. The summed E-state index contributed by atoms with van der Waals surface area (Å²) in [7, 11) is 0. The first-order valence-electron chi connectivity index (χ1n) is 25.7. The zero-order valence-electron chi connectivity index (χ0n) is 40.9. The molecule has 0 aromatic rings. The van der Waals surface area contributed by atoms with E-state index in [1.807, 2.05) is 6.08 Å². The van der Waals surface area contributed by atoms with E-state index in [-0.39, 0.29) is 18.9 Å². The lowest BCUT2D eigenvalue weighted by atomic mass is 9.97. The summed E-state index contributed by atoms with van der Waals surface area (Å²) >= 11 is 0. The van der Waals surface area contributed by atoms with Crippen LogP contribution in [0, 0.1) is 0 Å². The minimum Gasteiger partial charge on any atom is -0.394 e. The van der Waals surface area contributed by atoms with Crippen LogP contribution in [0.1, 0.15) is 162 Å². The molecule has 0 spiro atoms. The summed E-state index contributed by atoms with van der Waals surface area (Å²) in [5.74, 6) is -0.293. The SMILES string of the molecule is CC/C=C\C/C=C\C/C=C\C/C=C\CCCCC(=O)NC(COC1OC(CO)C(OC2OC(CO)C(O)C(O)C2O)C(O)C1O)C(O)/C=C/CC/C=C/CCCCCCCCCCCCCC. The van der Waals surface area contributed by atoms with Crippen LogP contribution in [0.2, 0.25) is 0 Å². The van der Waals surface area contributed by atoms with Crippen LogP contribution in [0.25, 0.3) is 0 Å². The molecule has 0 aliphatic carbocycles. The molecule has 2 aliphatic heterocycles. The third-order valence-corrected chi connectivity index (χ3v) is 12.1. The van der Waals surface area contributed by atoms with E-state index in [1.54, 1.807) is 6.08 Å². The Balaban J connectivity index is 1.89. The van der Waals surface area contributed by atoms with E-state index in [1.165, 1.54) is 77.0 Å². The van der Waals surface area contributed by atoms with Gasteiger partial charge in [0, 0.05) is 6.42 Å². The van der Waals surface area contributed by atoms with Crippen molar-refractivity contribution in [3.63, 3.8) is 0 Å². The molecule has 2 rings (SSSR count). The Morgan fingerprint density at radius 3 is 1.64 bits per heavy atom. The molecule has 12 atom stereocenters. The van der Waals surface area contributed by atoms with Crippen LogP contribution in [0.15, 0.2) is 72.9 Å². The maximum Gasteiger partial charge on any atom is 0.220 e. The number of aliphatic hydroxyl groups excluding tert-OH is 8. The molecule has 12 unspecified atom stereocenters. The number of amides is 1. The Morgan fingerprint density at radius 1 is 0.552 bits per heavy atom. The molecule has 0 saturated carbocycles. The number of aliphatic hydroxyl groups is 8. The quantitative estimate of drug-likeness (QED) is 0.0229. The van der Waals surface area contributed by atoms with E-state index in [4.69, 9.17) is 18.9 Å². The zero-order valence-corrected chi connectivity index (χ0v) is 40.9. The smallest absolute Gasteiger partial charge is 0.220 e. The van der Waals surface area contributed by atoms with E-state index in [2.05, 4.69) is 79.9 Å². The molecule has 2 heterocycles. The number of hydrogen-bond donors (Lipinski definition) is 9. The van der Waals surface area contributed by atoms with E-state index >= 15 is 0 Å². The van der Waals surface area contributed by atoms with Gasteiger partial charge in [0.1, 0.15) is 48.8 Å². The number of ether oxygens (including phenoxy) is 4. The zero-order chi connectivity index (χ0) is 48.9. The first-order valence-corrected chi connectivity index (χ1v) is 25.7. The van der Waals surface area contributed by atoms with Crippen molar-refractivity contribution in [1.82, 2.24) is 5.32 Å². The third kappa shape index (κ3) is 26.3. The van der Waals surface area contributed by atoms with Gasteiger partial charge >= 0.3 is 0 Å². The van der Waals surface area contributed by atoms with Crippen LogP contribution in [0.5, 0.6) is 0 Å². The van der Waals surface area contributed by atoms with Crippen molar-refractivity contribution in [1.29, 1.82) is 0 Å². The molecule has 9 N–H and O–H groups in total. The fourth-order valence-electron chi connectivity index (χ4n) is 7.94. The summed E-state index contributed by atoms with van der Waals surface area (Å²) in [6.07, 6.45) is 32.3. The van der Waals surface area contributed by atoms with Crippen molar-refractivity contribution in [3.8, 4) is 0 Å². The van der Waals surface area contributed by atoms with Gasteiger partial charge in [-0.15, -0.1) is 0 Å². The Morgan fingerprint density at radius 2 is 1.04 bits per heavy atom. The molecule has 0 aromatic carbocycles. The number of carbonyl (C=O) groups is 1. The minimum absolute atomic E-state index is 0.218. The van der Waals surface area contributed by atoms with Crippen LogP contribution in [0.4, 0.5) is 0 Å². The summed E-state index contributed by atoms with van der Waals surface area (Å²) in [6, 6.07) is -0.956. The summed E-state index contributed by atoms with van der Waals surface area (Å²) in [6.45, 7) is 2.60. The van der Waals surface area contributed by atoms with Crippen molar-refractivity contribution in [3.05, 3.63) is 72.9 Å². The van der Waals surface area contributed by atoms with Gasteiger partial charge < -0.3 is 65.1 Å². The van der Waals surface area contributed by atoms with Gasteiger partial charge in [0.2, 0.25) is 5.91 Å². The molecule has 14 heteroatoms. The minimum atomic E-state index is -1.80. The van der Waals surface area contributed by atoms with Gasteiger partial charge in [-0.2, -0.15) is 0 Å². The summed E-state index contributed by atoms with van der Waals surface area (Å²) in [4.78, 5) is 13.1. The van der Waals surface area contributed by atoms with Crippen LogP contribution < -0.4 is 5.32 Å². The maximum atomic E-state index is 13.1. The second kappa shape index (κ2) is 39.2. The van der Waals surface area contributed by atoms with Gasteiger partial charge in [-0.05, 0) is 70.6 Å². The third-order valence-electron chi connectivity index (χ3n) is 12.1. The summed E-state index contributed by atoms with van der Waals surface area (Å²) in [5, 5.41) is 86.7. The van der Waals surface area contributed by atoms with Crippen LogP contribution >= 0.6 is 0 Å². The van der Waals surface area contributed by atoms with Crippen LogP contribution in [0.3, 0.4) is 0 Å². The van der Waals surface area contributed by atoms with Crippen molar-refractivity contribution in [2.45, 2.75) is 235 Å². The highest BCUT2D eigenvalue weighted by Crippen LogP contribution is 2.30. The molecule has 0 aromatic heterocycles. The molecule has 386 valence electrons. The lowest BCUT2D eigenvalue weighted by Gasteiger charge is -2.46. The van der Waals surface area contributed by atoms with Gasteiger partial charge in [-0.1, -0.05) is 157 Å². The lowest BCUT2D eigenvalue weighted by molar-refractivity contribution is -0.359. The highest BCUT2D eigenvalue weighted by atomic mass is 16.7. The maximum absolute atomic E-state index is 13.1. The first-order chi connectivity index (χ1) is 32.6. The number of allylic oxidation sites excluding steroid dienone is 11. The molecule has 67 heavy (non-hydrogen) atoms. The molecule has 2 fully saturated rings. The molecule has 0 bridgehead atoms. The second-order valence-electron chi connectivity index (χ2n) is 17.9. The molecule has 14 nitrogen and oxygen atoms in total. The highest BCUT2D eigenvalue weighted by molar-refractivity contribution is 5.76. The van der Waals surface area contributed by atoms with Gasteiger partial charge in [-0.3, -0.25) is 4.79 Å². The first kappa shape index (κ1) is 60.6. The monoisotopic (exact) mass is 950 g/mol. The Hall–Kier alpha value is -2.57. The highest BCUT2D eigenvalue weighted by Gasteiger charge is 2.51. The van der Waals surface area contributed by atoms with Gasteiger partial charge in [0.05, 0.1) is 32.0 Å². The summed E-state index contributed by atoms with van der Waals surface area (Å²) < 4.78 is 22.6. The summed E-state index contributed by atoms with van der Waals surface area (Å²) in [5.41, 5.74) is 0. The number of carbonyl (C=O) groups excluding carboxylic acids is 1. The van der Waals surface area contributed by atoms with Crippen molar-refractivity contribution in [2.75, 3.05) is 19.8 Å². The standard InChI is InChI=1S/C53H91NO13/c1-3-5-7-9-11-13-15-17-19-20-21-23-24-26-28-30-32-34-36-42(57)41(54-45(58)37-35-33-31-29-27-25-22-18-16-14-12-10-8-6-4-2)40-64-52-50(63)48(61)51(44(39-56)66-52)67-53-49(62)47(60)46(59)43(38-55)65-53/h6,8,12,14,18,22,26-29,34,36,41-44,46-53,55-57,59-63H,3-5,7,9-11,13,15-17,19-21,23-25,30-33,35,37-40H2,1-2H3,(H,54,58)/b8-6-,14-12-,22-18-,28-26+,29-27-,36-34+. The average Bonchev–Trinajstić information content (AvgIpc) is 3.32. The predicted molar refractivity (Wildman–Crippen MR) is 263 cm³/mol. The Kier molecular flexibility index (Phi) is 35.4. The molecule has 0 radical (unpaired) electrons. The molecule has 2 aliphatic rings.